The van der Waals surface area contributed by atoms with Crippen LogP contribution in [-0.2, 0) is 13.0 Å². The van der Waals surface area contributed by atoms with E-state index in [9.17, 15) is 9.59 Å². The van der Waals surface area contributed by atoms with E-state index in [0.29, 0.717) is 37.5 Å². The highest BCUT2D eigenvalue weighted by molar-refractivity contribution is 7.09. The molecule has 0 radical (unpaired) electrons. The normalized spacial score (nSPS) is 16.8. The van der Waals surface area contributed by atoms with Gasteiger partial charge in [-0.15, -0.1) is 11.3 Å². The van der Waals surface area contributed by atoms with E-state index < -0.39 is 0 Å². The van der Waals surface area contributed by atoms with Gasteiger partial charge in [0.15, 0.2) is 5.43 Å². The lowest BCUT2D eigenvalue weighted by Gasteiger charge is -2.24. The first-order valence-electron chi connectivity index (χ1n) is 11.2. The summed E-state index contributed by atoms with van der Waals surface area (Å²) in [5, 5.41) is 2.06. The van der Waals surface area contributed by atoms with Gasteiger partial charge in [0.25, 0.3) is 5.91 Å². The van der Waals surface area contributed by atoms with Gasteiger partial charge in [0.05, 0.1) is 6.54 Å². The summed E-state index contributed by atoms with van der Waals surface area (Å²) in [4.78, 5) is 29.7. The topological polar surface area (TPSA) is 42.3 Å². The molecule has 5 heteroatoms. The van der Waals surface area contributed by atoms with Crippen LogP contribution in [0.5, 0.6) is 0 Å². The van der Waals surface area contributed by atoms with Crippen LogP contribution in [0.3, 0.4) is 0 Å². The van der Waals surface area contributed by atoms with E-state index >= 15 is 0 Å². The van der Waals surface area contributed by atoms with Crippen molar-refractivity contribution >= 4 is 17.2 Å². The third-order valence-electron chi connectivity index (χ3n) is 6.36. The van der Waals surface area contributed by atoms with Gasteiger partial charge < -0.3 is 9.47 Å². The summed E-state index contributed by atoms with van der Waals surface area (Å²) in [6.07, 6.45) is 3.63. The predicted molar refractivity (Wildman–Crippen MR) is 127 cm³/mol. The molecule has 1 fully saturated rings. The van der Waals surface area contributed by atoms with Gasteiger partial charge >= 0.3 is 0 Å². The molecule has 1 aromatic carbocycles. The number of amides is 1. The average Bonchev–Trinajstić information content (AvgIpc) is 3.17. The van der Waals surface area contributed by atoms with Crippen molar-refractivity contribution in [2.24, 2.45) is 0 Å². The number of hydrogen-bond acceptors (Lipinski definition) is 3. The number of pyridine rings is 1. The molecule has 0 bridgehead atoms. The highest BCUT2D eigenvalue weighted by atomic mass is 32.1. The summed E-state index contributed by atoms with van der Waals surface area (Å²) in [5.74, 6) is 0.369. The molecule has 0 N–H and O–H groups in total. The van der Waals surface area contributed by atoms with Crippen LogP contribution in [-0.4, -0.2) is 28.5 Å². The Labute approximate surface area is 188 Å². The lowest BCUT2D eigenvalue weighted by molar-refractivity contribution is 0.0757. The molecule has 1 saturated heterocycles. The van der Waals surface area contributed by atoms with Crippen LogP contribution < -0.4 is 5.43 Å². The summed E-state index contributed by atoms with van der Waals surface area (Å²) in [6.45, 7) is 6.09. The SMILES string of the molecule is CCc1c(C(=O)N2CCCC(c3ccccc3)CC2)c(=O)cc(C)n1Cc1cccs1. The van der Waals surface area contributed by atoms with Gasteiger partial charge in [-0.25, -0.2) is 0 Å². The quantitative estimate of drug-likeness (QED) is 0.551. The zero-order valence-electron chi connectivity index (χ0n) is 18.3. The number of aromatic nitrogens is 1. The molecule has 4 rings (SSSR count). The number of hydrogen-bond donors (Lipinski definition) is 0. The number of likely N-dealkylation sites (tertiary alicyclic amines) is 1. The average molecular weight is 435 g/mol. The molecular weight excluding hydrogens is 404 g/mol. The smallest absolute Gasteiger partial charge is 0.259 e. The molecule has 1 amide bonds. The fraction of sp³-hybridized carbons (Fsp3) is 0.385. The number of nitrogens with zero attached hydrogens (tertiary/aromatic N) is 2. The second-order valence-corrected chi connectivity index (χ2v) is 9.35. The van der Waals surface area contributed by atoms with Crippen molar-refractivity contribution in [1.29, 1.82) is 0 Å². The minimum absolute atomic E-state index is 0.101. The molecule has 1 unspecified atom stereocenters. The first kappa shape index (κ1) is 21.6. The molecule has 3 aromatic rings. The zero-order chi connectivity index (χ0) is 21.8. The van der Waals surface area contributed by atoms with Crippen molar-refractivity contribution in [2.75, 3.05) is 13.1 Å². The summed E-state index contributed by atoms with van der Waals surface area (Å²) in [5.41, 5.74) is 3.33. The molecule has 0 aliphatic carbocycles. The van der Waals surface area contributed by atoms with Crippen LogP contribution in [0.15, 0.2) is 58.7 Å². The second-order valence-electron chi connectivity index (χ2n) is 8.32. The fourth-order valence-electron chi connectivity index (χ4n) is 4.72. The van der Waals surface area contributed by atoms with Crippen LogP contribution >= 0.6 is 11.3 Å². The molecule has 4 nitrogen and oxygen atoms in total. The Hall–Kier alpha value is -2.66. The van der Waals surface area contributed by atoms with Crippen LogP contribution in [0.2, 0.25) is 0 Å². The number of benzene rings is 1. The first-order chi connectivity index (χ1) is 15.1. The number of aryl methyl sites for hydroxylation is 1. The van der Waals surface area contributed by atoms with Gasteiger partial charge in [-0.3, -0.25) is 9.59 Å². The van der Waals surface area contributed by atoms with E-state index in [1.807, 2.05) is 30.9 Å². The van der Waals surface area contributed by atoms with Crippen molar-refractivity contribution in [3.05, 3.63) is 91.5 Å². The maximum absolute atomic E-state index is 13.6. The molecular formula is C26H30N2O2S. The van der Waals surface area contributed by atoms with Crippen molar-refractivity contribution in [3.63, 3.8) is 0 Å². The van der Waals surface area contributed by atoms with Crippen molar-refractivity contribution in [3.8, 4) is 0 Å². The van der Waals surface area contributed by atoms with E-state index in [4.69, 9.17) is 0 Å². The monoisotopic (exact) mass is 434 g/mol. The van der Waals surface area contributed by atoms with Gasteiger partial charge in [0.1, 0.15) is 5.56 Å². The number of rotatable bonds is 5. The van der Waals surface area contributed by atoms with Gasteiger partial charge in [-0.1, -0.05) is 43.3 Å². The highest BCUT2D eigenvalue weighted by Crippen LogP contribution is 2.28. The largest absolute Gasteiger partial charge is 0.343 e. The van der Waals surface area contributed by atoms with Crippen molar-refractivity contribution in [2.45, 2.75) is 52.0 Å². The van der Waals surface area contributed by atoms with Crippen LogP contribution in [0.25, 0.3) is 0 Å². The lowest BCUT2D eigenvalue weighted by Crippen LogP contribution is -2.37. The van der Waals surface area contributed by atoms with Crippen LogP contribution in [0.4, 0.5) is 0 Å². The van der Waals surface area contributed by atoms with E-state index in [-0.39, 0.29) is 11.3 Å². The highest BCUT2D eigenvalue weighted by Gasteiger charge is 2.27. The number of thiophene rings is 1. The number of carbonyl (C=O) groups is 1. The van der Waals surface area contributed by atoms with Crippen LogP contribution in [0.1, 0.15) is 64.3 Å². The molecule has 31 heavy (non-hydrogen) atoms. The van der Waals surface area contributed by atoms with E-state index in [1.54, 1.807) is 17.4 Å². The Kier molecular flexibility index (Phi) is 6.71. The summed E-state index contributed by atoms with van der Waals surface area (Å²) >= 11 is 1.70. The van der Waals surface area contributed by atoms with E-state index in [2.05, 4.69) is 40.3 Å². The maximum atomic E-state index is 13.6. The lowest BCUT2D eigenvalue weighted by atomic mass is 9.92. The Balaban J connectivity index is 1.61. The molecule has 1 aliphatic rings. The molecule has 2 aromatic heterocycles. The summed E-state index contributed by atoms with van der Waals surface area (Å²) in [7, 11) is 0. The Morgan fingerprint density at radius 3 is 2.61 bits per heavy atom. The Morgan fingerprint density at radius 2 is 1.90 bits per heavy atom. The van der Waals surface area contributed by atoms with E-state index in [0.717, 1.165) is 30.7 Å². The van der Waals surface area contributed by atoms with Gasteiger partial charge in [0.2, 0.25) is 0 Å². The van der Waals surface area contributed by atoms with Crippen molar-refractivity contribution < 1.29 is 4.79 Å². The standard InChI is InChI=1S/C26H30N2O2S/c1-3-23-25(24(29)17-19(2)28(23)18-22-12-8-16-31-22)26(30)27-14-7-11-21(13-15-27)20-9-5-4-6-10-20/h4-6,8-10,12,16-17,21H,3,7,11,13-15,18H2,1-2H3. The third-order valence-corrected chi connectivity index (χ3v) is 7.22. The van der Waals surface area contributed by atoms with Crippen LogP contribution in [0, 0.1) is 6.92 Å². The van der Waals surface area contributed by atoms with Crippen molar-refractivity contribution in [1.82, 2.24) is 9.47 Å². The minimum Gasteiger partial charge on any atom is -0.343 e. The maximum Gasteiger partial charge on any atom is 0.259 e. The molecule has 1 aliphatic heterocycles. The Bertz CT molecular complexity index is 1090. The van der Waals surface area contributed by atoms with Gasteiger partial charge in [0, 0.05) is 35.4 Å². The summed E-state index contributed by atoms with van der Waals surface area (Å²) < 4.78 is 2.14. The molecule has 162 valence electrons. The molecule has 0 saturated carbocycles. The number of carbonyl (C=O) groups excluding carboxylic acids is 1. The van der Waals surface area contributed by atoms with Gasteiger partial charge in [-0.05, 0) is 55.5 Å². The zero-order valence-corrected chi connectivity index (χ0v) is 19.2. The van der Waals surface area contributed by atoms with E-state index in [1.165, 1.54) is 10.4 Å². The minimum atomic E-state index is -0.148. The summed E-state index contributed by atoms with van der Waals surface area (Å²) in [6, 6.07) is 16.3. The molecule has 1 atom stereocenters. The second kappa shape index (κ2) is 9.65. The fourth-order valence-corrected chi connectivity index (χ4v) is 5.41. The third kappa shape index (κ3) is 4.67. The first-order valence-corrected chi connectivity index (χ1v) is 12.1. The molecule has 3 heterocycles. The molecule has 0 spiro atoms. The Morgan fingerprint density at radius 1 is 1.10 bits per heavy atom. The predicted octanol–water partition coefficient (Wildman–Crippen LogP) is 5.24. The van der Waals surface area contributed by atoms with Gasteiger partial charge in [-0.2, -0.15) is 0 Å².